The number of pyridine rings is 1. The first-order valence-electron chi connectivity index (χ1n) is 9.04. The highest BCUT2D eigenvalue weighted by Crippen LogP contribution is 2.34. The van der Waals surface area contributed by atoms with E-state index in [1.165, 1.54) is 5.56 Å². The number of benzene rings is 2. The summed E-state index contributed by atoms with van der Waals surface area (Å²) in [7, 11) is 2.09. The fourth-order valence-corrected chi connectivity index (χ4v) is 3.57. The minimum absolute atomic E-state index is 0.708. The molecule has 0 radical (unpaired) electrons. The third kappa shape index (κ3) is 3.07. The van der Waals surface area contributed by atoms with E-state index in [1.807, 2.05) is 42.6 Å². The Morgan fingerprint density at radius 1 is 0.926 bits per heavy atom. The molecule has 0 spiro atoms. The molecular weight excluding hydrogens is 330 g/mol. The summed E-state index contributed by atoms with van der Waals surface area (Å²) in [6, 6.07) is 27.2. The highest BCUT2D eigenvalue weighted by molar-refractivity contribution is 5.83. The van der Waals surface area contributed by atoms with Gasteiger partial charge in [-0.2, -0.15) is 5.26 Å². The van der Waals surface area contributed by atoms with Crippen LogP contribution in [0.4, 0.5) is 5.69 Å². The summed E-state index contributed by atoms with van der Waals surface area (Å²) in [5.41, 5.74) is 7.30. The maximum absolute atomic E-state index is 9.90. The molecule has 4 rings (SSSR count). The lowest BCUT2D eigenvalue weighted by atomic mass is 10.0. The molecule has 0 unspecified atom stereocenters. The van der Waals surface area contributed by atoms with Gasteiger partial charge < -0.3 is 9.30 Å². The first-order valence-corrected chi connectivity index (χ1v) is 9.04. The molecule has 0 saturated carbocycles. The van der Waals surface area contributed by atoms with E-state index in [2.05, 4.69) is 65.7 Å². The summed E-state index contributed by atoms with van der Waals surface area (Å²) < 4.78 is 2.14. The van der Waals surface area contributed by atoms with Gasteiger partial charge in [-0.15, -0.1) is 0 Å². The Bertz CT molecular complexity index is 1120. The van der Waals surface area contributed by atoms with E-state index in [-0.39, 0.29) is 0 Å². The van der Waals surface area contributed by atoms with Crippen molar-refractivity contribution in [3.63, 3.8) is 0 Å². The van der Waals surface area contributed by atoms with Crippen molar-refractivity contribution in [2.24, 2.45) is 0 Å². The average Bonchev–Trinajstić information content (AvgIpc) is 3.02. The van der Waals surface area contributed by atoms with Crippen LogP contribution in [0.3, 0.4) is 0 Å². The van der Waals surface area contributed by atoms with Crippen molar-refractivity contribution in [1.82, 2.24) is 4.40 Å². The number of aryl methyl sites for hydroxylation is 1. The van der Waals surface area contributed by atoms with Gasteiger partial charge in [0, 0.05) is 24.5 Å². The number of anilines is 1. The van der Waals surface area contributed by atoms with Crippen molar-refractivity contribution < 1.29 is 0 Å². The number of rotatable bonds is 4. The van der Waals surface area contributed by atoms with Crippen LogP contribution in [0.1, 0.15) is 16.8 Å². The van der Waals surface area contributed by atoms with Gasteiger partial charge in [0.25, 0.3) is 0 Å². The van der Waals surface area contributed by atoms with E-state index in [0.717, 1.165) is 33.6 Å². The number of fused-ring (bicyclic) bond motifs is 1. The summed E-state index contributed by atoms with van der Waals surface area (Å²) in [5, 5.41) is 9.90. The second-order valence-corrected chi connectivity index (χ2v) is 6.82. The lowest BCUT2D eigenvalue weighted by molar-refractivity contribution is 0.872. The van der Waals surface area contributed by atoms with Crippen LogP contribution in [-0.2, 0) is 6.54 Å². The number of hydrogen-bond acceptors (Lipinski definition) is 2. The Hall–Kier alpha value is -3.51. The van der Waals surface area contributed by atoms with Gasteiger partial charge in [0.05, 0.1) is 23.3 Å². The fourth-order valence-electron chi connectivity index (χ4n) is 3.57. The van der Waals surface area contributed by atoms with Crippen LogP contribution in [0, 0.1) is 18.3 Å². The smallest absolute Gasteiger partial charge is 0.102 e. The number of aromatic nitrogens is 1. The third-order valence-electron chi connectivity index (χ3n) is 4.98. The molecule has 0 N–H and O–H groups in total. The minimum Gasteiger partial charge on any atom is -0.369 e. The lowest BCUT2D eigenvalue weighted by Crippen LogP contribution is -2.18. The summed E-state index contributed by atoms with van der Waals surface area (Å²) in [5.74, 6) is 0. The Balaban J connectivity index is 1.88. The third-order valence-corrected chi connectivity index (χ3v) is 4.98. The molecule has 4 aromatic rings. The van der Waals surface area contributed by atoms with E-state index in [0.29, 0.717) is 6.54 Å². The molecule has 0 bridgehead atoms. The molecular formula is C24H21N3. The van der Waals surface area contributed by atoms with Crippen LogP contribution in [-0.4, -0.2) is 11.4 Å². The standard InChI is InChI=1S/C24H21N3/c1-18-11-13-20(14-12-18)26(2)17-23-24(19-8-4-3-5-9-19)21(16-25)22-10-6-7-15-27(22)23/h3-15H,17H2,1-2H3. The molecule has 0 fully saturated rings. The Morgan fingerprint density at radius 2 is 1.63 bits per heavy atom. The predicted molar refractivity (Wildman–Crippen MR) is 111 cm³/mol. The fraction of sp³-hybridized carbons (Fsp3) is 0.125. The van der Waals surface area contributed by atoms with Crippen molar-refractivity contribution in [3.8, 4) is 17.2 Å². The maximum Gasteiger partial charge on any atom is 0.102 e. The van der Waals surface area contributed by atoms with Crippen LogP contribution in [0.25, 0.3) is 16.6 Å². The van der Waals surface area contributed by atoms with E-state index in [4.69, 9.17) is 0 Å². The van der Waals surface area contributed by atoms with Crippen LogP contribution in [0.15, 0.2) is 79.0 Å². The molecule has 0 saturated heterocycles. The molecule has 3 nitrogen and oxygen atoms in total. The summed E-state index contributed by atoms with van der Waals surface area (Å²) >= 11 is 0. The molecule has 0 amide bonds. The maximum atomic E-state index is 9.90. The summed E-state index contributed by atoms with van der Waals surface area (Å²) in [4.78, 5) is 2.22. The quantitative estimate of drug-likeness (QED) is 0.491. The minimum atomic E-state index is 0.708. The molecule has 2 aromatic heterocycles. The van der Waals surface area contributed by atoms with Gasteiger partial charge in [-0.1, -0.05) is 54.1 Å². The van der Waals surface area contributed by atoms with Gasteiger partial charge >= 0.3 is 0 Å². The topological polar surface area (TPSA) is 31.4 Å². The Kier molecular flexibility index (Phi) is 4.40. The largest absolute Gasteiger partial charge is 0.369 e. The molecule has 2 aromatic carbocycles. The van der Waals surface area contributed by atoms with E-state index in [1.54, 1.807) is 0 Å². The predicted octanol–water partition coefficient (Wildman–Crippen LogP) is 5.42. The molecule has 0 aliphatic carbocycles. The highest BCUT2D eigenvalue weighted by atomic mass is 15.1. The van der Waals surface area contributed by atoms with Gasteiger partial charge in [-0.3, -0.25) is 0 Å². The Morgan fingerprint density at radius 3 is 2.33 bits per heavy atom. The average molecular weight is 351 g/mol. The SMILES string of the molecule is Cc1ccc(N(C)Cc2c(-c3ccccc3)c(C#N)c3ccccn23)cc1. The number of nitrogens with zero attached hydrogens (tertiary/aromatic N) is 3. The van der Waals surface area contributed by atoms with Crippen molar-refractivity contribution in [2.45, 2.75) is 13.5 Å². The molecule has 0 atom stereocenters. The van der Waals surface area contributed by atoms with Crippen LogP contribution in [0.2, 0.25) is 0 Å². The zero-order valence-corrected chi connectivity index (χ0v) is 15.6. The van der Waals surface area contributed by atoms with Crippen molar-refractivity contribution in [1.29, 1.82) is 5.26 Å². The molecule has 0 aliphatic heterocycles. The van der Waals surface area contributed by atoms with Crippen LogP contribution < -0.4 is 4.90 Å². The van der Waals surface area contributed by atoms with Crippen molar-refractivity contribution in [3.05, 3.63) is 95.8 Å². The van der Waals surface area contributed by atoms with Crippen LogP contribution >= 0.6 is 0 Å². The molecule has 27 heavy (non-hydrogen) atoms. The van der Waals surface area contributed by atoms with Gasteiger partial charge in [-0.25, -0.2) is 0 Å². The van der Waals surface area contributed by atoms with Gasteiger partial charge in [0.15, 0.2) is 0 Å². The second-order valence-electron chi connectivity index (χ2n) is 6.82. The van der Waals surface area contributed by atoms with Crippen molar-refractivity contribution in [2.75, 3.05) is 11.9 Å². The van der Waals surface area contributed by atoms with Crippen LogP contribution in [0.5, 0.6) is 0 Å². The van der Waals surface area contributed by atoms with Crippen molar-refractivity contribution >= 4 is 11.2 Å². The van der Waals surface area contributed by atoms with Gasteiger partial charge in [0.1, 0.15) is 6.07 Å². The second kappa shape index (κ2) is 7.01. The highest BCUT2D eigenvalue weighted by Gasteiger charge is 2.20. The summed E-state index contributed by atoms with van der Waals surface area (Å²) in [6.07, 6.45) is 2.04. The number of nitriles is 1. The van der Waals surface area contributed by atoms with Gasteiger partial charge in [-0.05, 0) is 36.8 Å². The zero-order valence-electron chi connectivity index (χ0n) is 15.6. The molecule has 3 heteroatoms. The Labute approximate surface area is 159 Å². The first kappa shape index (κ1) is 16.9. The molecule has 132 valence electrons. The van der Waals surface area contributed by atoms with E-state index in [9.17, 15) is 5.26 Å². The van der Waals surface area contributed by atoms with E-state index >= 15 is 0 Å². The summed E-state index contributed by atoms with van der Waals surface area (Å²) in [6.45, 7) is 2.80. The normalized spacial score (nSPS) is 10.7. The molecule has 0 aliphatic rings. The zero-order chi connectivity index (χ0) is 18.8. The molecule has 2 heterocycles. The first-order chi connectivity index (χ1) is 13.2. The lowest BCUT2D eigenvalue weighted by Gasteiger charge is -2.21. The van der Waals surface area contributed by atoms with E-state index < -0.39 is 0 Å². The van der Waals surface area contributed by atoms with Gasteiger partial charge in [0.2, 0.25) is 0 Å². The monoisotopic (exact) mass is 351 g/mol. The number of hydrogen-bond donors (Lipinski definition) is 0.